The first-order chi connectivity index (χ1) is 7.86. The normalized spacial score (nSPS) is 25.0. The zero-order valence-electron chi connectivity index (χ0n) is 10.4. The molecule has 0 bridgehead atoms. The summed E-state index contributed by atoms with van der Waals surface area (Å²) in [6, 6.07) is 3.81. The largest absolute Gasteiger partial charge is 0.480 e. The molecule has 0 amide bonds. The highest BCUT2D eigenvalue weighted by molar-refractivity contribution is 5.80. The van der Waals surface area contributed by atoms with Crippen molar-refractivity contribution in [2.75, 3.05) is 0 Å². The number of hydrogen-bond donors (Lipinski definition) is 2. The zero-order valence-corrected chi connectivity index (χ0v) is 10.4. The van der Waals surface area contributed by atoms with E-state index in [0.717, 1.165) is 6.42 Å². The van der Waals surface area contributed by atoms with Crippen LogP contribution in [0.4, 0.5) is 0 Å². The first-order valence-electron chi connectivity index (χ1n) is 5.78. The van der Waals surface area contributed by atoms with Gasteiger partial charge in [0, 0.05) is 24.0 Å². The molecule has 2 unspecified atom stereocenters. The van der Waals surface area contributed by atoms with Gasteiger partial charge in [0.25, 0.3) is 0 Å². The Hall–Kier alpha value is -1.42. The minimum Gasteiger partial charge on any atom is -0.480 e. The second kappa shape index (κ2) is 3.81. The van der Waals surface area contributed by atoms with E-state index in [4.69, 9.17) is 0 Å². The van der Waals surface area contributed by atoms with Crippen LogP contribution in [0, 0.1) is 5.41 Å². The van der Waals surface area contributed by atoms with Gasteiger partial charge in [0.15, 0.2) is 0 Å². The molecule has 0 aliphatic heterocycles. The van der Waals surface area contributed by atoms with E-state index in [1.54, 1.807) is 31.5 Å². The molecule has 0 radical (unpaired) electrons. The number of carboxylic acid groups (broad SMARTS) is 1. The molecule has 1 heterocycles. The van der Waals surface area contributed by atoms with Crippen LogP contribution in [-0.4, -0.2) is 22.1 Å². The van der Waals surface area contributed by atoms with E-state index in [-0.39, 0.29) is 11.5 Å². The maximum atomic E-state index is 11.5. The maximum absolute atomic E-state index is 11.5. The van der Waals surface area contributed by atoms with Crippen molar-refractivity contribution in [1.82, 2.24) is 10.3 Å². The molecule has 0 saturated heterocycles. The van der Waals surface area contributed by atoms with E-state index in [9.17, 15) is 9.90 Å². The number of hydrogen-bond acceptors (Lipinski definition) is 3. The van der Waals surface area contributed by atoms with Gasteiger partial charge in [-0.25, -0.2) is 4.79 Å². The van der Waals surface area contributed by atoms with E-state index in [0.29, 0.717) is 5.56 Å². The van der Waals surface area contributed by atoms with Gasteiger partial charge in [-0.15, -0.1) is 0 Å². The number of rotatable bonds is 4. The summed E-state index contributed by atoms with van der Waals surface area (Å²) in [7, 11) is 0. The maximum Gasteiger partial charge on any atom is 0.328 e. The van der Waals surface area contributed by atoms with Crippen molar-refractivity contribution in [1.29, 1.82) is 0 Å². The minimum absolute atomic E-state index is 0.193. The molecule has 2 rings (SSSR count). The van der Waals surface area contributed by atoms with E-state index in [1.807, 2.05) is 0 Å². The second-order valence-electron chi connectivity index (χ2n) is 5.56. The lowest BCUT2D eigenvalue weighted by molar-refractivity contribution is -0.144. The Bertz CT molecular complexity index is 430. The van der Waals surface area contributed by atoms with Gasteiger partial charge in [0.2, 0.25) is 0 Å². The molecule has 1 aliphatic carbocycles. The van der Waals surface area contributed by atoms with Crippen LogP contribution in [0.1, 0.15) is 32.8 Å². The molecule has 1 aliphatic rings. The molecule has 0 spiro atoms. The summed E-state index contributed by atoms with van der Waals surface area (Å²) < 4.78 is 0. The SMILES string of the molecule is CC(NC1CC1(C)C)(C(=O)O)c1cccnc1. The van der Waals surface area contributed by atoms with Gasteiger partial charge >= 0.3 is 5.97 Å². The monoisotopic (exact) mass is 234 g/mol. The Morgan fingerprint density at radius 3 is 2.71 bits per heavy atom. The average molecular weight is 234 g/mol. The Morgan fingerprint density at radius 1 is 1.65 bits per heavy atom. The number of carboxylic acids is 1. The van der Waals surface area contributed by atoms with Crippen molar-refractivity contribution < 1.29 is 9.90 Å². The van der Waals surface area contributed by atoms with Crippen LogP contribution in [0.15, 0.2) is 24.5 Å². The lowest BCUT2D eigenvalue weighted by atomic mass is 9.93. The third-order valence-electron chi connectivity index (χ3n) is 3.64. The summed E-state index contributed by atoms with van der Waals surface area (Å²) in [5.74, 6) is -0.867. The summed E-state index contributed by atoms with van der Waals surface area (Å²) in [4.78, 5) is 15.5. The predicted octanol–water partition coefficient (Wildman–Crippen LogP) is 1.77. The standard InChI is InChI=1S/C13H18N2O2/c1-12(2)7-10(12)15-13(3,11(16)17)9-5-4-6-14-8-9/h4-6,8,10,15H,7H2,1-3H3,(H,16,17). The van der Waals surface area contributed by atoms with E-state index >= 15 is 0 Å². The van der Waals surface area contributed by atoms with E-state index in [1.165, 1.54) is 0 Å². The van der Waals surface area contributed by atoms with Crippen LogP contribution < -0.4 is 5.32 Å². The lowest BCUT2D eigenvalue weighted by Gasteiger charge is -2.27. The molecular weight excluding hydrogens is 216 g/mol. The topological polar surface area (TPSA) is 62.2 Å². The lowest BCUT2D eigenvalue weighted by Crippen LogP contribution is -2.48. The Labute approximate surface area is 101 Å². The van der Waals surface area contributed by atoms with Gasteiger partial charge < -0.3 is 5.11 Å². The van der Waals surface area contributed by atoms with E-state index < -0.39 is 11.5 Å². The third kappa shape index (κ3) is 2.17. The molecule has 1 fully saturated rings. The fourth-order valence-electron chi connectivity index (χ4n) is 1.99. The summed E-state index contributed by atoms with van der Waals surface area (Å²) in [6.45, 7) is 5.97. The molecule has 0 aromatic carbocycles. The van der Waals surface area contributed by atoms with Crippen LogP contribution in [0.5, 0.6) is 0 Å². The van der Waals surface area contributed by atoms with Crippen molar-refractivity contribution >= 4 is 5.97 Å². The van der Waals surface area contributed by atoms with Crippen molar-refractivity contribution in [2.45, 2.75) is 38.8 Å². The smallest absolute Gasteiger partial charge is 0.328 e. The molecule has 1 aromatic rings. The fraction of sp³-hybridized carbons (Fsp3) is 0.538. The third-order valence-corrected chi connectivity index (χ3v) is 3.64. The molecule has 2 atom stereocenters. The highest BCUT2D eigenvalue weighted by Gasteiger charge is 2.50. The molecular formula is C13H18N2O2. The molecule has 92 valence electrons. The Balaban J connectivity index is 2.25. The van der Waals surface area contributed by atoms with Crippen molar-refractivity contribution in [3.63, 3.8) is 0 Å². The van der Waals surface area contributed by atoms with Crippen molar-refractivity contribution in [3.05, 3.63) is 30.1 Å². The average Bonchev–Trinajstić information content (AvgIpc) is 2.86. The highest BCUT2D eigenvalue weighted by Crippen LogP contribution is 2.46. The number of nitrogens with zero attached hydrogens (tertiary/aromatic N) is 1. The van der Waals surface area contributed by atoms with Crippen LogP contribution >= 0.6 is 0 Å². The van der Waals surface area contributed by atoms with Crippen LogP contribution in [0.2, 0.25) is 0 Å². The second-order valence-corrected chi connectivity index (χ2v) is 5.56. The summed E-state index contributed by atoms with van der Waals surface area (Å²) in [5, 5.41) is 12.7. The highest BCUT2D eigenvalue weighted by atomic mass is 16.4. The summed E-state index contributed by atoms with van der Waals surface area (Å²) >= 11 is 0. The Morgan fingerprint density at radius 2 is 2.29 bits per heavy atom. The quantitative estimate of drug-likeness (QED) is 0.833. The minimum atomic E-state index is -1.06. The van der Waals surface area contributed by atoms with Gasteiger partial charge in [0.05, 0.1) is 0 Å². The first kappa shape index (κ1) is 12.0. The molecule has 17 heavy (non-hydrogen) atoms. The van der Waals surface area contributed by atoms with Crippen LogP contribution in [0.3, 0.4) is 0 Å². The molecule has 1 saturated carbocycles. The number of pyridine rings is 1. The zero-order chi connectivity index (χ0) is 12.7. The first-order valence-corrected chi connectivity index (χ1v) is 5.78. The Kier molecular flexibility index (Phi) is 2.70. The summed E-state index contributed by atoms with van der Waals surface area (Å²) in [5.41, 5.74) is -0.179. The van der Waals surface area contributed by atoms with Gasteiger partial charge in [-0.3, -0.25) is 10.3 Å². The number of carbonyl (C=O) groups is 1. The van der Waals surface area contributed by atoms with Crippen LogP contribution in [0.25, 0.3) is 0 Å². The van der Waals surface area contributed by atoms with Gasteiger partial charge in [-0.05, 0) is 24.8 Å². The van der Waals surface area contributed by atoms with E-state index in [2.05, 4.69) is 24.1 Å². The number of aromatic nitrogens is 1. The van der Waals surface area contributed by atoms with Gasteiger partial charge in [0.1, 0.15) is 5.54 Å². The molecule has 4 heteroatoms. The fourth-order valence-corrected chi connectivity index (χ4v) is 1.99. The number of nitrogens with one attached hydrogen (secondary N) is 1. The molecule has 4 nitrogen and oxygen atoms in total. The molecule has 2 N–H and O–H groups in total. The van der Waals surface area contributed by atoms with Gasteiger partial charge in [-0.1, -0.05) is 19.9 Å². The number of aliphatic carboxylic acids is 1. The summed E-state index contributed by atoms with van der Waals surface area (Å²) in [6.07, 6.45) is 4.26. The predicted molar refractivity (Wildman–Crippen MR) is 64.5 cm³/mol. The van der Waals surface area contributed by atoms with Crippen molar-refractivity contribution in [2.24, 2.45) is 5.41 Å². The van der Waals surface area contributed by atoms with Crippen LogP contribution in [-0.2, 0) is 10.3 Å². The van der Waals surface area contributed by atoms with Crippen molar-refractivity contribution in [3.8, 4) is 0 Å². The van der Waals surface area contributed by atoms with Gasteiger partial charge in [-0.2, -0.15) is 0 Å². The molecule has 1 aromatic heterocycles.